The minimum atomic E-state index is -4.27. The van der Waals surface area contributed by atoms with E-state index in [-0.39, 0.29) is 29.5 Å². The number of carbonyl (C=O) groups is 2. The lowest BCUT2D eigenvalue weighted by Gasteiger charge is -2.34. The average Bonchev–Trinajstić information content (AvgIpc) is 3.07. The zero-order valence-corrected chi connectivity index (χ0v) is 28.8. The van der Waals surface area contributed by atoms with Gasteiger partial charge in [-0.3, -0.25) is 13.9 Å². The number of unbranched alkanes of at least 4 members (excludes halogenated alkanes) is 1. The van der Waals surface area contributed by atoms with Gasteiger partial charge in [-0.15, -0.1) is 0 Å². The molecule has 47 heavy (non-hydrogen) atoms. The van der Waals surface area contributed by atoms with Crippen molar-refractivity contribution in [2.45, 2.75) is 50.6 Å². The number of hydrogen-bond donors (Lipinski definition) is 1. The van der Waals surface area contributed by atoms with Crippen LogP contribution in [0, 0.1) is 0 Å². The molecule has 11 heteroatoms. The van der Waals surface area contributed by atoms with Gasteiger partial charge in [-0.25, -0.2) is 8.42 Å². The molecule has 0 aliphatic heterocycles. The van der Waals surface area contributed by atoms with E-state index in [4.69, 9.17) is 27.9 Å². The third kappa shape index (κ3) is 9.73. The summed E-state index contributed by atoms with van der Waals surface area (Å²) in [5.41, 5.74) is 1.72. The Balaban J connectivity index is 1.80. The number of halogens is 2. The van der Waals surface area contributed by atoms with E-state index in [0.29, 0.717) is 34.5 Å². The van der Waals surface area contributed by atoms with Gasteiger partial charge in [0.2, 0.25) is 11.8 Å². The van der Waals surface area contributed by atoms with Crippen molar-refractivity contribution in [1.29, 1.82) is 0 Å². The zero-order chi connectivity index (χ0) is 33.8. The maximum Gasteiger partial charge on any atom is 0.264 e. The first-order valence-corrected chi connectivity index (χ1v) is 17.7. The van der Waals surface area contributed by atoms with Crippen LogP contribution >= 0.6 is 23.2 Å². The average molecular weight is 697 g/mol. The third-order valence-corrected chi connectivity index (χ3v) is 9.92. The second-order valence-electron chi connectivity index (χ2n) is 10.9. The number of anilines is 1. The lowest BCUT2D eigenvalue weighted by molar-refractivity contribution is -0.140. The van der Waals surface area contributed by atoms with E-state index in [1.165, 1.54) is 29.2 Å². The lowest BCUT2D eigenvalue weighted by Crippen LogP contribution is -2.53. The highest BCUT2D eigenvalue weighted by molar-refractivity contribution is 7.92. The molecule has 4 aromatic carbocycles. The number of amides is 2. The van der Waals surface area contributed by atoms with Gasteiger partial charge in [0.25, 0.3) is 10.0 Å². The van der Waals surface area contributed by atoms with E-state index in [9.17, 15) is 18.0 Å². The SMILES string of the molecule is CCCCNC(=O)[C@@H](Cc1ccccc1)N(Cc1ccccc1Cl)C(=O)CN(c1ccc(OCC)cc1)S(=O)(=O)c1ccc(Cl)cc1. The van der Waals surface area contributed by atoms with E-state index < -0.39 is 28.5 Å². The van der Waals surface area contributed by atoms with Crippen LogP contribution < -0.4 is 14.4 Å². The fraction of sp³-hybridized carbons (Fsp3) is 0.278. The van der Waals surface area contributed by atoms with Gasteiger partial charge < -0.3 is 15.0 Å². The summed E-state index contributed by atoms with van der Waals surface area (Å²) in [6.07, 6.45) is 1.86. The van der Waals surface area contributed by atoms with Gasteiger partial charge in [0.05, 0.1) is 17.2 Å². The van der Waals surface area contributed by atoms with Crippen LogP contribution in [0.4, 0.5) is 5.69 Å². The van der Waals surface area contributed by atoms with Gasteiger partial charge >= 0.3 is 0 Å². The molecule has 1 N–H and O–H groups in total. The Labute approximate surface area is 287 Å². The molecule has 0 heterocycles. The predicted octanol–water partition coefficient (Wildman–Crippen LogP) is 7.14. The van der Waals surface area contributed by atoms with Crippen molar-refractivity contribution in [2.24, 2.45) is 0 Å². The second-order valence-corrected chi connectivity index (χ2v) is 13.6. The number of nitrogens with one attached hydrogen (secondary N) is 1. The fourth-order valence-corrected chi connectivity index (χ4v) is 6.74. The standard InChI is InChI=1S/C36H39Cl2N3O5S/c1-3-5-23-39-36(43)34(24-27-11-7-6-8-12-27)40(25-28-13-9-10-14-33(28)38)35(42)26-41(30-17-19-31(20-18-30)46-4-2)47(44,45)32-21-15-29(37)16-22-32/h6-22,34H,3-5,23-26H2,1-2H3,(H,39,43)/t34-/m1/s1. The van der Waals surface area contributed by atoms with E-state index >= 15 is 0 Å². The van der Waals surface area contributed by atoms with Crippen molar-refractivity contribution >= 4 is 50.7 Å². The smallest absolute Gasteiger partial charge is 0.264 e. The van der Waals surface area contributed by atoms with Gasteiger partial charge in [-0.05, 0) is 79.1 Å². The maximum absolute atomic E-state index is 14.6. The molecule has 0 radical (unpaired) electrons. The highest BCUT2D eigenvalue weighted by Gasteiger charge is 2.35. The summed E-state index contributed by atoms with van der Waals surface area (Å²) in [6.45, 7) is 4.15. The summed E-state index contributed by atoms with van der Waals surface area (Å²) < 4.78 is 35.0. The molecule has 0 bridgehead atoms. The number of ether oxygens (including phenoxy) is 1. The van der Waals surface area contributed by atoms with E-state index in [2.05, 4.69) is 5.32 Å². The van der Waals surface area contributed by atoms with Crippen LogP contribution in [0.5, 0.6) is 5.75 Å². The summed E-state index contributed by atoms with van der Waals surface area (Å²) in [5, 5.41) is 3.78. The molecule has 0 saturated carbocycles. The quantitative estimate of drug-likeness (QED) is 0.126. The highest BCUT2D eigenvalue weighted by Crippen LogP contribution is 2.28. The minimum absolute atomic E-state index is 0.0185. The molecule has 0 unspecified atom stereocenters. The molecule has 8 nitrogen and oxygen atoms in total. The Hall–Kier alpha value is -4.05. The normalized spacial score (nSPS) is 11.8. The zero-order valence-electron chi connectivity index (χ0n) is 26.4. The van der Waals surface area contributed by atoms with Crippen molar-refractivity contribution in [3.05, 3.63) is 124 Å². The molecule has 0 spiro atoms. The van der Waals surface area contributed by atoms with Gasteiger partial charge in [-0.2, -0.15) is 0 Å². The molecule has 2 amide bonds. The Kier molecular flexibility index (Phi) is 13.1. The minimum Gasteiger partial charge on any atom is -0.494 e. The first-order valence-electron chi connectivity index (χ1n) is 15.5. The Morgan fingerprint density at radius 3 is 2.15 bits per heavy atom. The van der Waals surface area contributed by atoms with Gasteiger partial charge in [-0.1, -0.05) is 85.1 Å². The van der Waals surface area contributed by atoms with Crippen molar-refractivity contribution in [3.8, 4) is 5.75 Å². The van der Waals surface area contributed by atoms with Crippen LogP contribution in [0.15, 0.2) is 108 Å². The Morgan fingerprint density at radius 1 is 0.851 bits per heavy atom. The van der Waals surface area contributed by atoms with Crippen LogP contribution in [0.1, 0.15) is 37.8 Å². The number of benzene rings is 4. The fourth-order valence-electron chi connectivity index (χ4n) is 5.01. The Bertz CT molecular complexity index is 1720. The van der Waals surface area contributed by atoms with Gasteiger partial charge in [0, 0.05) is 29.6 Å². The highest BCUT2D eigenvalue weighted by atomic mass is 35.5. The predicted molar refractivity (Wildman–Crippen MR) is 187 cm³/mol. The van der Waals surface area contributed by atoms with E-state index in [1.807, 2.05) is 44.2 Å². The second kappa shape index (κ2) is 17.2. The summed E-state index contributed by atoms with van der Waals surface area (Å²) >= 11 is 12.6. The lowest BCUT2D eigenvalue weighted by atomic mass is 10.0. The third-order valence-electron chi connectivity index (χ3n) is 7.52. The Morgan fingerprint density at radius 2 is 1.51 bits per heavy atom. The number of rotatable bonds is 16. The number of nitrogens with zero attached hydrogens (tertiary/aromatic N) is 2. The number of carbonyl (C=O) groups excluding carboxylic acids is 2. The monoisotopic (exact) mass is 695 g/mol. The molecular weight excluding hydrogens is 657 g/mol. The van der Waals surface area contributed by atoms with Crippen LogP contribution in [0.25, 0.3) is 0 Å². The van der Waals surface area contributed by atoms with Crippen LogP contribution in [-0.2, 0) is 32.6 Å². The molecule has 1 atom stereocenters. The molecule has 248 valence electrons. The molecule has 0 aromatic heterocycles. The van der Waals surface area contributed by atoms with Crippen molar-refractivity contribution < 1.29 is 22.7 Å². The van der Waals surface area contributed by atoms with Gasteiger partial charge in [0.15, 0.2) is 0 Å². The van der Waals surface area contributed by atoms with Crippen LogP contribution in [0.2, 0.25) is 10.0 Å². The molecule has 0 aliphatic rings. The molecule has 0 aliphatic carbocycles. The van der Waals surface area contributed by atoms with E-state index in [0.717, 1.165) is 22.7 Å². The number of hydrogen-bond acceptors (Lipinski definition) is 5. The largest absolute Gasteiger partial charge is 0.494 e. The summed E-state index contributed by atoms with van der Waals surface area (Å²) in [4.78, 5) is 29.8. The number of sulfonamides is 1. The summed E-state index contributed by atoms with van der Waals surface area (Å²) in [5.74, 6) is -0.364. The summed E-state index contributed by atoms with van der Waals surface area (Å²) in [6, 6.07) is 27.7. The molecule has 4 aromatic rings. The van der Waals surface area contributed by atoms with Gasteiger partial charge in [0.1, 0.15) is 18.3 Å². The molecule has 0 saturated heterocycles. The van der Waals surface area contributed by atoms with Crippen molar-refractivity contribution in [2.75, 3.05) is 24.0 Å². The molecular formula is C36H39Cl2N3O5S. The molecule has 4 rings (SSSR count). The summed E-state index contributed by atoms with van der Waals surface area (Å²) in [7, 11) is -4.27. The molecule has 0 fully saturated rings. The maximum atomic E-state index is 14.6. The van der Waals surface area contributed by atoms with Crippen LogP contribution in [-0.4, -0.2) is 50.9 Å². The topological polar surface area (TPSA) is 96.0 Å². The van der Waals surface area contributed by atoms with Crippen molar-refractivity contribution in [3.63, 3.8) is 0 Å². The van der Waals surface area contributed by atoms with E-state index in [1.54, 1.807) is 48.5 Å². The first kappa shape index (κ1) is 35.8. The van der Waals surface area contributed by atoms with Crippen LogP contribution in [0.3, 0.4) is 0 Å². The first-order chi connectivity index (χ1) is 22.6. The van der Waals surface area contributed by atoms with Crippen molar-refractivity contribution in [1.82, 2.24) is 10.2 Å².